The molecule has 0 radical (unpaired) electrons. The van der Waals surface area contributed by atoms with Crippen LogP contribution in [0.2, 0.25) is 0 Å². The molecule has 40 heavy (non-hydrogen) atoms. The van der Waals surface area contributed by atoms with Gasteiger partial charge in [0, 0.05) is 38.6 Å². The van der Waals surface area contributed by atoms with Crippen LogP contribution in [0, 0.1) is 5.82 Å². The first kappa shape index (κ1) is 29.1. The van der Waals surface area contributed by atoms with Gasteiger partial charge in [-0.05, 0) is 60.5 Å². The van der Waals surface area contributed by atoms with Crippen molar-refractivity contribution in [3.8, 4) is 5.75 Å². The van der Waals surface area contributed by atoms with Crippen LogP contribution in [-0.4, -0.2) is 73.4 Å². The maximum absolute atomic E-state index is 13.4. The fourth-order valence-corrected chi connectivity index (χ4v) is 5.49. The zero-order valence-electron chi connectivity index (χ0n) is 22.0. The van der Waals surface area contributed by atoms with Crippen molar-refractivity contribution in [1.82, 2.24) is 19.5 Å². The van der Waals surface area contributed by atoms with Crippen molar-refractivity contribution in [2.45, 2.75) is 31.0 Å². The molecule has 2 heterocycles. The molecule has 1 aliphatic heterocycles. The van der Waals surface area contributed by atoms with Crippen molar-refractivity contribution in [2.75, 3.05) is 32.9 Å². The van der Waals surface area contributed by atoms with E-state index in [0.717, 1.165) is 5.56 Å². The van der Waals surface area contributed by atoms with Gasteiger partial charge in [0.2, 0.25) is 15.9 Å². The number of carbonyl (C=O) groups is 2. The maximum Gasteiger partial charge on any atom is 0.261 e. The standard InChI is InChI=1S/C28H31FN4O6S/c1-21(28(35)31-18-23-3-2-12-30-17-23)33(19-22-4-6-24(29)7-5-22)27(34)20-39-25-8-10-26(11-9-25)40(36,37)32-13-15-38-16-14-32/h2-12,17,21H,13-16,18-20H2,1H3,(H,31,35)/t21-/m1/s1. The molecule has 1 aliphatic rings. The molecular weight excluding hydrogens is 539 g/mol. The number of morpholine rings is 1. The first-order valence-corrected chi connectivity index (χ1v) is 14.2. The Hall–Kier alpha value is -3.87. The Morgan fingerprint density at radius 3 is 2.42 bits per heavy atom. The molecule has 1 saturated heterocycles. The number of aromatic nitrogens is 1. The Morgan fingerprint density at radius 1 is 1.07 bits per heavy atom. The molecule has 0 aliphatic carbocycles. The van der Waals surface area contributed by atoms with Crippen molar-refractivity contribution in [2.24, 2.45) is 0 Å². The molecule has 0 spiro atoms. The van der Waals surface area contributed by atoms with Crippen molar-refractivity contribution in [3.05, 3.63) is 90.0 Å². The maximum atomic E-state index is 13.4. The highest BCUT2D eigenvalue weighted by Crippen LogP contribution is 2.21. The Kier molecular flexibility index (Phi) is 9.80. The van der Waals surface area contributed by atoms with E-state index in [1.54, 1.807) is 37.5 Å². The molecule has 3 aromatic rings. The zero-order chi connectivity index (χ0) is 28.5. The second-order valence-electron chi connectivity index (χ2n) is 9.18. The highest BCUT2D eigenvalue weighted by molar-refractivity contribution is 7.89. The summed E-state index contributed by atoms with van der Waals surface area (Å²) in [6, 6.07) is 14.2. The fraction of sp³-hybridized carbons (Fsp3) is 0.321. The van der Waals surface area contributed by atoms with Crippen LogP contribution < -0.4 is 10.1 Å². The number of hydrogen-bond donors (Lipinski definition) is 1. The van der Waals surface area contributed by atoms with Crippen molar-refractivity contribution < 1.29 is 31.9 Å². The van der Waals surface area contributed by atoms with Gasteiger partial charge in [-0.25, -0.2) is 12.8 Å². The summed E-state index contributed by atoms with van der Waals surface area (Å²) in [4.78, 5) is 31.7. The van der Waals surface area contributed by atoms with Crippen LogP contribution in [0.5, 0.6) is 5.75 Å². The molecule has 4 rings (SSSR count). The molecule has 2 aromatic carbocycles. The van der Waals surface area contributed by atoms with Crippen LogP contribution in [0.4, 0.5) is 4.39 Å². The molecule has 0 saturated carbocycles. The van der Waals surface area contributed by atoms with E-state index in [9.17, 15) is 22.4 Å². The number of ether oxygens (including phenoxy) is 2. The summed E-state index contributed by atoms with van der Waals surface area (Å²) in [6.07, 6.45) is 3.27. The number of rotatable bonds is 11. The number of sulfonamides is 1. The molecular formula is C28H31FN4O6S. The number of carbonyl (C=O) groups excluding carboxylic acids is 2. The van der Waals surface area contributed by atoms with Gasteiger partial charge in [0.15, 0.2) is 6.61 Å². The molecule has 2 amide bonds. The van der Waals surface area contributed by atoms with Crippen LogP contribution in [-0.2, 0) is 37.4 Å². The summed E-state index contributed by atoms with van der Waals surface area (Å²) < 4.78 is 51.4. The van der Waals surface area contributed by atoms with Crippen molar-refractivity contribution in [1.29, 1.82) is 0 Å². The van der Waals surface area contributed by atoms with E-state index in [2.05, 4.69) is 10.3 Å². The lowest BCUT2D eigenvalue weighted by molar-refractivity contribution is -0.142. The summed E-state index contributed by atoms with van der Waals surface area (Å²) in [5.41, 5.74) is 1.45. The molecule has 10 nitrogen and oxygen atoms in total. The van der Waals surface area contributed by atoms with Crippen LogP contribution in [0.3, 0.4) is 0 Å². The molecule has 0 bridgehead atoms. The van der Waals surface area contributed by atoms with E-state index in [1.807, 2.05) is 6.07 Å². The second-order valence-corrected chi connectivity index (χ2v) is 11.1. The summed E-state index contributed by atoms with van der Waals surface area (Å²) in [5.74, 6) is -0.966. The second kappa shape index (κ2) is 13.5. The summed E-state index contributed by atoms with van der Waals surface area (Å²) in [7, 11) is -3.66. The van der Waals surface area contributed by atoms with Crippen LogP contribution >= 0.6 is 0 Å². The van der Waals surface area contributed by atoms with Gasteiger partial charge in [0.25, 0.3) is 5.91 Å². The van der Waals surface area contributed by atoms with Crippen LogP contribution in [0.1, 0.15) is 18.1 Å². The van der Waals surface area contributed by atoms with E-state index in [1.165, 1.54) is 45.6 Å². The van der Waals surface area contributed by atoms with Crippen molar-refractivity contribution in [3.63, 3.8) is 0 Å². The van der Waals surface area contributed by atoms with Crippen LogP contribution in [0.25, 0.3) is 0 Å². The fourth-order valence-electron chi connectivity index (χ4n) is 4.08. The summed E-state index contributed by atoms with van der Waals surface area (Å²) in [5, 5.41) is 2.81. The highest BCUT2D eigenvalue weighted by Gasteiger charge is 2.28. The van der Waals surface area contributed by atoms with E-state index >= 15 is 0 Å². The summed E-state index contributed by atoms with van der Waals surface area (Å²) in [6.45, 7) is 2.77. The quantitative estimate of drug-likeness (QED) is 0.376. The minimum absolute atomic E-state index is 0.0562. The number of halogens is 1. The topological polar surface area (TPSA) is 118 Å². The van der Waals surface area contributed by atoms with Gasteiger partial charge < -0.3 is 19.7 Å². The molecule has 1 aromatic heterocycles. The Morgan fingerprint density at radius 2 is 1.77 bits per heavy atom. The predicted octanol–water partition coefficient (Wildman–Crippen LogP) is 2.35. The average molecular weight is 571 g/mol. The average Bonchev–Trinajstić information content (AvgIpc) is 2.99. The molecule has 1 fully saturated rings. The Labute approximate surface area is 232 Å². The van der Waals surface area contributed by atoms with E-state index < -0.39 is 34.4 Å². The van der Waals surface area contributed by atoms with Gasteiger partial charge in [-0.3, -0.25) is 14.6 Å². The monoisotopic (exact) mass is 570 g/mol. The van der Waals surface area contributed by atoms with Gasteiger partial charge in [-0.2, -0.15) is 4.31 Å². The lowest BCUT2D eigenvalue weighted by atomic mass is 10.1. The van der Waals surface area contributed by atoms with Crippen molar-refractivity contribution >= 4 is 21.8 Å². The Balaban J connectivity index is 1.41. The lowest BCUT2D eigenvalue weighted by Crippen LogP contribution is -2.48. The van der Waals surface area contributed by atoms with Crippen LogP contribution in [0.15, 0.2) is 78.0 Å². The third kappa shape index (κ3) is 7.62. The largest absolute Gasteiger partial charge is 0.484 e. The number of benzene rings is 2. The van der Waals surface area contributed by atoms with E-state index in [0.29, 0.717) is 24.5 Å². The highest BCUT2D eigenvalue weighted by atomic mass is 32.2. The first-order valence-electron chi connectivity index (χ1n) is 12.8. The number of nitrogens with one attached hydrogen (secondary N) is 1. The molecule has 12 heteroatoms. The normalized spacial score (nSPS) is 14.8. The van der Waals surface area contributed by atoms with E-state index in [4.69, 9.17) is 9.47 Å². The molecule has 0 unspecified atom stereocenters. The number of pyridine rings is 1. The van der Waals surface area contributed by atoms with Gasteiger partial charge >= 0.3 is 0 Å². The predicted molar refractivity (Wildman–Crippen MR) is 144 cm³/mol. The van der Waals surface area contributed by atoms with E-state index in [-0.39, 0.29) is 37.0 Å². The first-order chi connectivity index (χ1) is 19.2. The third-order valence-electron chi connectivity index (χ3n) is 6.42. The minimum Gasteiger partial charge on any atom is -0.484 e. The molecule has 212 valence electrons. The lowest BCUT2D eigenvalue weighted by Gasteiger charge is -2.29. The number of amides is 2. The van der Waals surface area contributed by atoms with Gasteiger partial charge in [-0.15, -0.1) is 0 Å². The molecule has 1 atom stereocenters. The zero-order valence-corrected chi connectivity index (χ0v) is 22.8. The number of nitrogens with zero attached hydrogens (tertiary/aromatic N) is 3. The van der Waals surface area contributed by atoms with Gasteiger partial charge in [-0.1, -0.05) is 18.2 Å². The minimum atomic E-state index is -3.66. The Bertz CT molecular complexity index is 1380. The van der Waals surface area contributed by atoms with Gasteiger partial charge in [0.1, 0.15) is 17.6 Å². The smallest absolute Gasteiger partial charge is 0.261 e. The summed E-state index contributed by atoms with van der Waals surface area (Å²) >= 11 is 0. The third-order valence-corrected chi connectivity index (χ3v) is 8.33. The van der Waals surface area contributed by atoms with Gasteiger partial charge in [0.05, 0.1) is 18.1 Å². The number of hydrogen-bond acceptors (Lipinski definition) is 7. The molecule has 1 N–H and O–H groups in total. The SMILES string of the molecule is C[C@H](C(=O)NCc1cccnc1)N(Cc1ccc(F)cc1)C(=O)COc1ccc(S(=O)(=O)N2CCOCC2)cc1.